The Bertz CT molecular complexity index is 1340. The highest BCUT2D eigenvalue weighted by molar-refractivity contribution is 6.30. The number of hydrazone groups is 1. The number of piperazine rings is 1. The fourth-order valence-electron chi connectivity index (χ4n) is 7.15. The summed E-state index contributed by atoms with van der Waals surface area (Å²) in [6.07, 6.45) is 4.68. The Morgan fingerprint density at radius 1 is 1.05 bits per heavy atom. The van der Waals surface area contributed by atoms with Crippen molar-refractivity contribution in [3.8, 4) is 0 Å². The number of carbonyl (C=O) groups excluding carboxylic acids is 2. The molecule has 2 aromatic rings. The molecular formula is C33H44ClN7O2. The minimum Gasteiger partial charge on any atom is -0.369 e. The van der Waals surface area contributed by atoms with Crippen molar-refractivity contribution in [2.24, 2.45) is 11.0 Å². The SMILES string of the molecule is Cc1cccc(N2CCN(CCNC(=O)CCC3=NNC4N(Cc5ccc(Cl)cc5)C(=O)C5CCCCC5N34)CC2)c1C. The largest absolute Gasteiger partial charge is 0.369 e. The Balaban J connectivity index is 0.986. The number of hydrogen-bond donors (Lipinski definition) is 2. The van der Waals surface area contributed by atoms with E-state index in [0.29, 0.717) is 31.0 Å². The molecule has 2 amide bonds. The number of hydrogen-bond acceptors (Lipinski definition) is 7. The van der Waals surface area contributed by atoms with E-state index in [4.69, 9.17) is 11.6 Å². The second-order valence-electron chi connectivity index (χ2n) is 12.4. The molecule has 230 valence electrons. The first-order valence-corrected chi connectivity index (χ1v) is 16.2. The summed E-state index contributed by atoms with van der Waals surface area (Å²) >= 11 is 6.09. The van der Waals surface area contributed by atoms with Crippen molar-refractivity contribution in [1.29, 1.82) is 0 Å². The van der Waals surface area contributed by atoms with Crippen molar-refractivity contribution < 1.29 is 9.59 Å². The van der Waals surface area contributed by atoms with Crippen LogP contribution in [0.5, 0.6) is 0 Å². The number of aryl methyl sites for hydroxylation is 1. The van der Waals surface area contributed by atoms with Crippen LogP contribution in [0.2, 0.25) is 5.02 Å². The minimum absolute atomic E-state index is 0.0356. The third-order valence-electron chi connectivity index (χ3n) is 9.73. The van der Waals surface area contributed by atoms with Gasteiger partial charge in [-0.1, -0.05) is 48.7 Å². The molecule has 0 radical (unpaired) electrons. The van der Waals surface area contributed by atoms with Gasteiger partial charge in [0, 0.05) is 75.4 Å². The molecule has 2 aromatic carbocycles. The predicted octanol–water partition coefficient (Wildman–Crippen LogP) is 4.08. The van der Waals surface area contributed by atoms with Crippen LogP contribution in [0.25, 0.3) is 0 Å². The van der Waals surface area contributed by atoms with Gasteiger partial charge in [-0.3, -0.25) is 24.8 Å². The first-order chi connectivity index (χ1) is 20.9. The van der Waals surface area contributed by atoms with Gasteiger partial charge in [0.15, 0.2) is 6.29 Å². The molecule has 3 fully saturated rings. The molecule has 0 spiro atoms. The molecule has 2 saturated heterocycles. The topological polar surface area (TPSA) is 83.5 Å². The van der Waals surface area contributed by atoms with E-state index in [0.717, 1.165) is 69.8 Å². The Morgan fingerprint density at radius 2 is 1.81 bits per heavy atom. The van der Waals surface area contributed by atoms with Gasteiger partial charge in [0.1, 0.15) is 5.84 Å². The Hall–Kier alpha value is -3.30. The molecule has 2 N–H and O–H groups in total. The number of fused-ring (bicyclic) bond motifs is 3. The van der Waals surface area contributed by atoms with Gasteiger partial charge in [-0.05, 0) is 61.6 Å². The molecule has 4 aliphatic rings. The van der Waals surface area contributed by atoms with Crippen molar-refractivity contribution in [2.75, 3.05) is 44.2 Å². The molecule has 3 unspecified atom stereocenters. The smallest absolute Gasteiger partial charge is 0.231 e. The zero-order valence-corrected chi connectivity index (χ0v) is 26.2. The summed E-state index contributed by atoms with van der Waals surface area (Å²) in [5.41, 5.74) is 8.31. The van der Waals surface area contributed by atoms with Gasteiger partial charge < -0.3 is 15.1 Å². The maximum absolute atomic E-state index is 13.6. The molecule has 1 aliphatic carbocycles. The summed E-state index contributed by atoms with van der Waals surface area (Å²) in [5, 5.41) is 8.48. The number of carbonyl (C=O) groups is 2. The normalized spacial score (nSPS) is 23.9. The fraction of sp³-hybridized carbons (Fsp3) is 0.545. The maximum atomic E-state index is 13.6. The van der Waals surface area contributed by atoms with Gasteiger partial charge in [-0.25, -0.2) is 0 Å². The third kappa shape index (κ3) is 6.48. The lowest BCUT2D eigenvalue weighted by Crippen LogP contribution is -2.67. The van der Waals surface area contributed by atoms with Crippen molar-refractivity contribution in [1.82, 2.24) is 25.4 Å². The third-order valence-corrected chi connectivity index (χ3v) is 9.99. The molecule has 0 bridgehead atoms. The number of rotatable bonds is 9. The quantitative estimate of drug-likeness (QED) is 0.448. The second kappa shape index (κ2) is 13.1. The van der Waals surface area contributed by atoms with Crippen LogP contribution in [0.15, 0.2) is 47.6 Å². The van der Waals surface area contributed by atoms with Gasteiger partial charge in [-0.15, -0.1) is 0 Å². The van der Waals surface area contributed by atoms with Gasteiger partial charge >= 0.3 is 0 Å². The van der Waals surface area contributed by atoms with E-state index in [-0.39, 0.29) is 30.1 Å². The van der Waals surface area contributed by atoms with Crippen LogP contribution in [-0.2, 0) is 16.1 Å². The zero-order chi connectivity index (χ0) is 29.9. The van der Waals surface area contributed by atoms with E-state index in [1.54, 1.807) is 0 Å². The number of amides is 2. The summed E-state index contributed by atoms with van der Waals surface area (Å²) in [7, 11) is 0. The highest BCUT2D eigenvalue weighted by Crippen LogP contribution is 2.38. The Morgan fingerprint density at radius 3 is 2.60 bits per heavy atom. The van der Waals surface area contributed by atoms with E-state index in [2.05, 4.69) is 62.6 Å². The molecule has 0 aromatic heterocycles. The van der Waals surface area contributed by atoms with Crippen LogP contribution in [0.1, 0.15) is 55.2 Å². The van der Waals surface area contributed by atoms with Gasteiger partial charge in [0.2, 0.25) is 11.8 Å². The molecule has 6 rings (SSSR count). The summed E-state index contributed by atoms with van der Waals surface area (Å²) in [5.74, 6) is 1.09. The van der Waals surface area contributed by atoms with E-state index < -0.39 is 0 Å². The molecule has 43 heavy (non-hydrogen) atoms. The average molecular weight is 606 g/mol. The lowest BCUT2D eigenvalue weighted by molar-refractivity contribution is -0.156. The van der Waals surface area contributed by atoms with Crippen molar-refractivity contribution >= 4 is 34.9 Å². The molecule has 9 nitrogen and oxygen atoms in total. The van der Waals surface area contributed by atoms with E-state index in [9.17, 15) is 9.59 Å². The number of benzene rings is 2. The standard InChI is InChI=1S/C33H44ClN7O2/c1-23-6-5-9-28(24(23)2)39-20-18-38(19-21-39)17-16-35-31(42)15-14-30-36-37-33-40(22-25-10-12-26(34)13-11-25)32(43)27-7-3-4-8-29(27)41(30)33/h5-6,9-13,27,29,33,37H,3-4,7-8,14-22H2,1-2H3,(H,35,42). The van der Waals surface area contributed by atoms with Crippen molar-refractivity contribution in [3.63, 3.8) is 0 Å². The maximum Gasteiger partial charge on any atom is 0.231 e. The summed E-state index contributed by atoms with van der Waals surface area (Å²) in [4.78, 5) is 35.6. The minimum atomic E-state index is -0.317. The average Bonchev–Trinajstić information content (AvgIpc) is 3.45. The van der Waals surface area contributed by atoms with E-state index in [1.807, 2.05) is 29.2 Å². The second-order valence-corrected chi connectivity index (χ2v) is 12.8. The monoisotopic (exact) mass is 605 g/mol. The predicted molar refractivity (Wildman–Crippen MR) is 171 cm³/mol. The number of amidine groups is 1. The molecule has 10 heteroatoms. The molecule has 1 saturated carbocycles. The first-order valence-electron chi connectivity index (χ1n) is 15.8. The number of halogens is 1. The van der Waals surface area contributed by atoms with Crippen LogP contribution in [0.4, 0.5) is 5.69 Å². The number of nitrogens with zero attached hydrogens (tertiary/aromatic N) is 5. The van der Waals surface area contributed by atoms with Crippen LogP contribution in [-0.4, -0.2) is 83.9 Å². The highest BCUT2D eigenvalue weighted by atomic mass is 35.5. The Labute approximate surface area is 260 Å². The lowest BCUT2D eigenvalue weighted by atomic mass is 9.80. The zero-order valence-electron chi connectivity index (χ0n) is 25.4. The summed E-state index contributed by atoms with van der Waals surface area (Å²) < 4.78 is 0. The van der Waals surface area contributed by atoms with Gasteiger partial charge in [0.05, 0.1) is 5.92 Å². The van der Waals surface area contributed by atoms with Gasteiger partial charge in [-0.2, -0.15) is 5.10 Å². The highest BCUT2D eigenvalue weighted by Gasteiger charge is 2.50. The van der Waals surface area contributed by atoms with Crippen molar-refractivity contribution in [3.05, 3.63) is 64.2 Å². The van der Waals surface area contributed by atoms with Crippen LogP contribution in [0, 0.1) is 19.8 Å². The van der Waals surface area contributed by atoms with E-state index >= 15 is 0 Å². The summed E-state index contributed by atoms with van der Waals surface area (Å²) in [6, 6.07) is 14.3. The van der Waals surface area contributed by atoms with Crippen LogP contribution in [0.3, 0.4) is 0 Å². The molecule has 3 heterocycles. The van der Waals surface area contributed by atoms with Gasteiger partial charge in [0.25, 0.3) is 0 Å². The molecule has 3 atom stereocenters. The number of nitrogens with one attached hydrogen (secondary N) is 2. The van der Waals surface area contributed by atoms with Crippen molar-refractivity contribution in [2.45, 2.75) is 71.2 Å². The summed E-state index contributed by atoms with van der Waals surface area (Å²) in [6.45, 7) is 10.4. The van der Waals surface area contributed by atoms with Crippen LogP contribution < -0.4 is 15.6 Å². The number of anilines is 1. The fourth-order valence-corrected chi connectivity index (χ4v) is 7.27. The van der Waals surface area contributed by atoms with Crippen LogP contribution >= 0.6 is 11.6 Å². The molecule has 3 aliphatic heterocycles. The Kier molecular flexibility index (Phi) is 9.09. The first kappa shape index (κ1) is 29.8. The molecular weight excluding hydrogens is 562 g/mol. The van der Waals surface area contributed by atoms with E-state index in [1.165, 1.54) is 16.8 Å². The lowest BCUT2D eigenvalue weighted by Gasteiger charge is -2.50.